The molecule has 3 aromatic rings. The number of carbonyl (C=O) groups excluding carboxylic acids is 2. The largest absolute Gasteiger partial charge is 0.497 e. The number of carbonyl (C=O) groups is 2. The Kier molecular flexibility index (Phi) is 8.26. The van der Waals surface area contributed by atoms with Crippen molar-refractivity contribution in [3.8, 4) is 5.75 Å². The minimum absolute atomic E-state index is 0.00700. The number of amides is 1. The predicted octanol–water partition coefficient (Wildman–Crippen LogP) is 6.40. The molecular formula is C27H35ClN2O3Si. The highest BCUT2D eigenvalue weighted by atomic mass is 35.5. The van der Waals surface area contributed by atoms with Crippen LogP contribution in [0.3, 0.4) is 0 Å². The number of halogens is 1. The topological polar surface area (TPSA) is 60.3 Å². The van der Waals surface area contributed by atoms with Gasteiger partial charge in [-0.25, -0.2) is 0 Å². The van der Waals surface area contributed by atoms with Crippen molar-refractivity contribution in [3.63, 3.8) is 0 Å². The van der Waals surface area contributed by atoms with Crippen LogP contribution >= 0.6 is 11.6 Å². The maximum Gasteiger partial charge on any atom is 0.262 e. The van der Waals surface area contributed by atoms with Gasteiger partial charge < -0.3 is 10.1 Å². The maximum absolute atomic E-state index is 13.5. The first-order valence-corrected chi connectivity index (χ1v) is 15.8. The van der Waals surface area contributed by atoms with Crippen LogP contribution in [0.2, 0.25) is 24.7 Å². The van der Waals surface area contributed by atoms with E-state index in [1.54, 1.807) is 35.9 Å². The summed E-state index contributed by atoms with van der Waals surface area (Å²) >= 11 is 6.01. The Bertz CT molecular complexity index is 1180. The molecule has 1 amide bonds. The monoisotopic (exact) mass is 498 g/mol. The van der Waals surface area contributed by atoms with Crippen molar-refractivity contribution in [2.24, 2.45) is 0 Å². The van der Waals surface area contributed by atoms with Crippen molar-refractivity contribution in [2.75, 3.05) is 7.11 Å². The normalized spacial score (nSPS) is 12.6. The third-order valence-corrected chi connectivity index (χ3v) is 9.18. The van der Waals surface area contributed by atoms with Crippen molar-refractivity contribution in [1.29, 1.82) is 0 Å². The average molecular weight is 499 g/mol. The average Bonchev–Trinajstić information content (AvgIpc) is 3.06. The fourth-order valence-electron chi connectivity index (χ4n) is 4.33. The van der Waals surface area contributed by atoms with Gasteiger partial charge >= 0.3 is 0 Å². The van der Waals surface area contributed by atoms with Gasteiger partial charge in [0.25, 0.3) is 5.91 Å². The number of fused-ring (bicyclic) bond motifs is 1. The summed E-state index contributed by atoms with van der Waals surface area (Å²) in [6, 6.07) is 12.5. The molecule has 0 radical (unpaired) electrons. The molecule has 1 heterocycles. The van der Waals surface area contributed by atoms with E-state index in [4.69, 9.17) is 16.3 Å². The fourth-order valence-corrected chi connectivity index (χ4v) is 6.12. The van der Waals surface area contributed by atoms with Crippen LogP contribution in [0.5, 0.6) is 5.75 Å². The number of benzene rings is 2. The molecule has 182 valence electrons. The van der Waals surface area contributed by atoms with E-state index < -0.39 is 8.07 Å². The minimum Gasteiger partial charge on any atom is -0.497 e. The summed E-state index contributed by atoms with van der Waals surface area (Å²) in [5, 5.41) is 4.75. The van der Waals surface area contributed by atoms with Crippen LogP contribution in [0.4, 0.5) is 0 Å². The number of ether oxygens (including phenoxy) is 1. The van der Waals surface area contributed by atoms with Gasteiger partial charge in [-0.15, -0.1) is 0 Å². The molecule has 0 bridgehead atoms. The zero-order valence-electron chi connectivity index (χ0n) is 21.0. The first kappa shape index (κ1) is 26.0. The summed E-state index contributed by atoms with van der Waals surface area (Å²) in [7, 11) is 0.0443. The van der Waals surface area contributed by atoms with E-state index in [9.17, 15) is 9.59 Å². The Labute approximate surface area is 208 Å². The second kappa shape index (κ2) is 10.8. The quantitative estimate of drug-likeness (QED) is 0.347. The molecule has 0 fully saturated rings. The van der Waals surface area contributed by atoms with Gasteiger partial charge in [0.15, 0.2) is 0 Å². The molecule has 0 saturated carbocycles. The van der Waals surface area contributed by atoms with E-state index in [0.717, 1.165) is 41.4 Å². The van der Waals surface area contributed by atoms with Gasteiger partial charge in [-0.2, -0.15) is 0 Å². The maximum atomic E-state index is 13.5. The summed E-state index contributed by atoms with van der Waals surface area (Å²) in [6.45, 7) is 10.9. The molecule has 3 rings (SSSR count). The third-order valence-electron chi connectivity index (χ3n) is 6.40. The summed E-state index contributed by atoms with van der Waals surface area (Å²) in [4.78, 5) is 26.7. The van der Waals surface area contributed by atoms with E-state index in [-0.39, 0.29) is 23.9 Å². The minimum atomic E-state index is -1.57. The summed E-state index contributed by atoms with van der Waals surface area (Å²) < 4.78 is 7.13. The number of unbranched alkanes of at least 4 members (excludes halogenated alkanes) is 1. The number of rotatable bonds is 9. The van der Waals surface area contributed by atoms with Gasteiger partial charge in [-0.3, -0.25) is 14.2 Å². The molecule has 0 spiro atoms. The van der Waals surface area contributed by atoms with E-state index >= 15 is 0 Å². The van der Waals surface area contributed by atoms with Gasteiger partial charge in [0.1, 0.15) is 5.75 Å². The zero-order chi connectivity index (χ0) is 25.0. The number of hydrogen-bond acceptors (Lipinski definition) is 3. The second-order valence-electron chi connectivity index (χ2n) is 9.90. The SMILES string of the molecule is CCCCC(NC(=O)Cc1c(C)n(C(=O)c2ccc(Cl)cc2)c2ccc(OC)cc12)[Si](C)(C)C. The Morgan fingerprint density at radius 2 is 1.79 bits per heavy atom. The Morgan fingerprint density at radius 1 is 1.12 bits per heavy atom. The summed E-state index contributed by atoms with van der Waals surface area (Å²) in [5.41, 5.74) is 3.12. The smallest absolute Gasteiger partial charge is 0.262 e. The van der Waals surface area contributed by atoms with Gasteiger partial charge in [-0.1, -0.05) is 51.0 Å². The molecule has 7 heteroatoms. The van der Waals surface area contributed by atoms with E-state index in [1.165, 1.54) is 0 Å². The molecule has 1 N–H and O–H groups in total. The first-order chi connectivity index (χ1) is 16.1. The number of methoxy groups -OCH3 is 1. The molecule has 1 unspecified atom stereocenters. The molecule has 34 heavy (non-hydrogen) atoms. The highest BCUT2D eigenvalue weighted by Crippen LogP contribution is 2.31. The molecule has 0 aliphatic rings. The molecule has 1 atom stereocenters. The van der Waals surface area contributed by atoms with E-state index in [2.05, 4.69) is 31.9 Å². The van der Waals surface area contributed by atoms with E-state index in [0.29, 0.717) is 16.3 Å². The van der Waals surface area contributed by atoms with Gasteiger partial charge in [0.05, 0.1) is 27.1 Å². The second-order valence-corrected chi connectivity index (χ2v) is 15.8. The summed E-state index contributed by atoms with van der Waals surface area (Å²) in [6.07, 6.45) is 3.42. The van der Waals surface area contributed by atoms with Crippen LogP contribution in [0.25, 0.3) is 10.9 Å². The van der Waals surface area contributed by atoms with Crippen molar-refractivity contribution in [3.05, 3.63) is 64.3 Å². The fraction of sp³-hybridized carbons (Fsp3) is 0.407. The van der Waals surface area contributed by atoms with Gasteiger partial charge in [0.2, 0.25) is 5.91 Å². The Balaban J connectivity index is 2.01. The lowest BCUT2D eigenvalue weighted by atomic mass is 10.1. The first-order valence-electron chi connectivity index (χ1n) is 11.8. The molecule has 5 nitrogen and oxygen atoms in total. The Hall–Kier alpha value is -2.57. The zero-order valence-corrected chi connectivity index (χ0v) is 22.8. The van der Waals surface area contributed by atoms with Crippen LogP contribution in [-0.2, 0) is 11.2 Å². The lowest BCUT2D eigenvalue weighted by Crippen LogP contribution is -2.51. The van der Waals surface area contributed by atoms with Crippen LogP contribution < -0.4 is 10.1 Å². The van der Waals surface area contributed by atoms with Crippen LogP contribution in [0.1, 0.15) is 47.8 Å². The number of aromatic nitrogens is 1. The molecule has 1 aromatic heterocycles. The standard InChI is InChI=1S/C27H35ClN2O3Si/c1-7-8-9-26(34(4,5)6)29-25(31)17-22-18(2)30(24-15-14-21(33-3)16-23(22)24)27(32)19-10-12-20(28)13-11-19/h10-16,26H,7-9,17H2,1-6H3,(H,29,31). The summed E-state index contributed by atoms with van der Waals surface area (Å²) in [5.74, 6) is 0.527. The van der Waals surface area contributed by atoms with Crippen molar-refractivity contribution < 1.29 is 14.3 Å². The molecule has 0 aliphatic heterocycles. The predicted molar refractivity (Wildman–Crippen MR) is 143 cm³/mol. The third kappa shape index (κ3) is 5.73. The highest BCUT2D eigenvalue weighted by Gasteiger charge is 2.29. The van der Waals surface area contributed by atoms with Gasteiger partial charge in [-0.05, 0) is 61.4 Å². The molecule has 2 aromatic carbocycles. The lowest BCUT2D eigenvalue weighted by molar-refractivity contribution is -0.120. The number of hydrogen-bond donors (Lipinski definition) is 1. The Morgan fingerprint density at radius 3 is 2.38 bits per heavy atom. The number of nitrogens with zero attached hydrogens (tertiary/aromatic N) is 1. The highest BCUT2D eigenvalue weighted by molar-refractivity contribution is 6.77. The molecular weight excluding hydrogens is 464 g/mol. The van der Waals surface area contributed by atoms with E-state index in [1.807, 2.05) is 25.1 Å². The van der Waals surface area contributed by atoms with Crippen molar-refractivity contribution >= 4 is 42.4 Å². The van der Waals surface area contributed by atoms with Crippen LogP contribution in [0, 0.1) is 6.92 Å². The molecule has 0 aliphatic carbocycles. The molecule has 0 saturated heterocycles. The lowest BCUT2D eigenvalue weighted by Gasteiger charge is -2.30. The van der Waals surface area contributed by atoms with Gasteiger partial charge in [0, 0.05) is 27.3 Å². The van der Waals surface area contributed by atoms with Crippen LogP contribution in [0.15, 0.2) is 42.5 Å². The van der Waals surface area contributed by atoms with Crippen molar-refractivity contribution in [2.45, 2.75) is 64.8 Å². The number of nitrogens with one attached hydrogen (secondary N) is 1. The van der Waals surface area contributed by atoms with Crippen molar-refractivity contribution in [1.82, 2.24) is 9.88 Å². The van der Waals surface area contributed by atoms with Crippen LogP contribution in [-0.4, -0.2) is 37.2 Å².